The van der Waals surface area contributed by atoms with Gasteiger partial charge in [0.25, 0.3) is 5.56 Å². The van der Waals surface area contributed by atoms with E-state index in [4.69, 9.17) is 9.42 Å². The second-order valence-electron chi connectivity index (χ2n) is 5.10. The summed E-state index contributed by atoms with van der Waals surface area (Å²) in [5.41, 5.74) is -0.447. The van der Waals surface area contributed by atoms with Gasteiger partial charge in [0.05, 0.1) is 18.5 Å². The Labute approximate surface area is 129 Å². The first-order valence-corrected chi connectivity index (χ1v) is 8.04. The highest BCUT2D eigenvalue weighted by molar-refractivity contribution is 7.47. The van der Waals surface area contributed by atoms with E-state index in [1.165, 1.54) is 6.20 Å². The van der Waals surface area contributed by atoms with Gasteiger partial charge in [-0.1, -0.05) is 0 Å². The van der Waals surface area contributed by atoms with Crippen molar-refractivity contribution in [1.82, 2.24) is 19.9 Å². The van der Waals surface area contributed by atoms with E-state index in [0.717, 1.165) is 0 Å². The second kappa shape index (κ2) is 5.62. The summed E-state index contributed by atoms with van der Waals surface area (Å²) >= 11 is 0. The lowest BCUT2D eigenvalue weighted by Gasteiger charge is -2.15. The van der Waals surface area contributed by atoms with E-state index in [2.05, 4.69) is 24.5 Å². The van der Waals surface area contributed by atoms with Crippen LogP contribution < -0.4 is 10.5 Å². The van der Waals surface area contributed by atoms with Crippen LogP contribution in [0.1, 0.15) is 11.8 Å². The lowest BCUT2D eigenvalue weighted by Crippen LogP contribution is -2.23. The molecule has 0 amide bonds. The van der Waals surface area contributed by atoms with E-state index < -0.39 is 25.6 Å². The molecule has 1 saturated heterocycles. The standard InChI is InChI=1S/C11H14N5O6P/c1-16(2)11-14-9-7(10(18)15-11)13-5(3-12-9)8(17)6-4-21-23(19,20)22-6/h3,6,8,17H,4H2,1-2H3,(H,19,20)(H,12,14,15,18)/t6-,8-/m0/s1. The number of aliphatic hydroxyl groups excluding tert-OH is 1. The fraction of sp³-hybridized carbons (Fsp3) is 0.455. The number of fused-ring (bicyclic) bond motifs is 1. The monoisotopic (exact) mass is 343 g/mol. The summed E-state index contributed by atoms with van der Waals surface area (Å²) in [7, 11) is -0.726. The zero-order valence-electron chi connectivity index (χ0n) is 12.2. The van der Waals surface area contributed by atoms with E-state index >= 15 is 0 Å². The molecule has 2 aromatic rings. The topological polar surface area (TPSA) is 151 Å². The Hall–Kier alpha value is -1.91. The first-order valence-electron chi connectivity index (χ1n) is 6.55. The molecule has 3 rings (SSSR count). The van der Waals surface area contributed by atoms with Crippen molar-refractivity contribution in [3.05, 3.63) is 22.2 Å². The number of nitrogens with one attached hydrogen (secondary N) is 1. The van der Waals surface area contributed by atoms with Gasteiger partial charge in [-0.25, -0.2) is 14.5 Å². The third kappa shape index (κ3) is 3.09. The van der Waals surface area contributed by atoms with Gasteiger partial charge >= 0.3 is 7.82 Å². The molecule has 3 atom stereocenters. The molecular formula is C11H14N5O6P. The Kier molecular flexibility index (Phi) is 3.90. The molecule has 124 valence electrons. The van der Waals surface area contributed by atoms with Crippen molar-refractivity contribution in [1.29, 1.82) is 0 Å². The average Bonchev–Trinajstić information content (AvgIpc) is 2.86. The van der Waals surface area contributed by atoms with Crippen molar-refractivity contribution < 1.29 is 23.6 Å². The second-order valence-corrected chi connectivity index (χ2v) is 6.51. The average molecular weight is 343 g/mol. The predicted molar refractivity (Wildman–Crippen MR) is 77.9 cm³/mol. The maximum absolute atomic E-state index is 12.1. The Bertz CT molecular complexity index is 854. The van der Waals surface area contributed by atoms with Gasteiger partial charge in [0.2, 0.25) is 5.95 Å². The first kappa shape index (κ1) is 16.0. The minimum absolute atomic E-state index is 0.0119. The molecule has 1 unspecified atom stereocenters. The molecule has 0 radical (unpaired) electrons. The summed E-state index contributed by atoms with van der Waals surface area (Å²) in [4.78, 5) is 37.5. The van der Waals surface area contributed by atoms with Gasteiger partial charge in [-0.2, -0.15) is 4.98 Å². The van der Waals surface area contributed by atoms with Crippen molar-refractivity contribution in [2.45, 2.75) is 12.2 Å². The first-order chi connectivity index (χ1) is 10.8. The third-order valence-electron chi connectivity index (χ3n) is 3.17. The summed E-state index contributed by atoms with van der Waals surface area (Å²) in [6, 6.07) is 0. The van der Waals surface area contributed by atoms with Crippen molar-refractivity contribution >= 4 is 24.9 Å². The lowest BCUT2D eigenvalue weighted by molar-refractivity contribution is 0.0422. The number of aromatic amines is 1. The van der Waals surface area contributed by atoms with Crippen LogP contribution >= 0.6 is 7.82 Å². The van der Waals surface area contributed by atoms with E-state index in [0.29, 0.717) is 5.95 Å². The van der Waals surface area contributed by atoms with Gasteiger partial charge in [0, 0.05) is 14.1 Å². The summed E-state index contributed by atoms with van der Waals surface area (Å²) in [5.74, 6) is 0.318. The minimum Gasteiger partial charge on any atom is -0.384 e. The Morgan fingerprint density at radius 2 is 2.22 bits per heavy atom. The largest absolute Gasteiger partial charge is 0.472 e. The van der Waals surface area contributed by atoms with Crippen LogP contribution in [0, 0.1) is 0 Å². The van der Waals surface area contributed by atoms with Gasteiger partial charge in [-0.15, -0.1) is 0 Å². The van der Waals surface area contributed by atoms with E-state index in [-0.39, 0.29) is 23.5 Å². The van der Waals surface area contributed by atoms with E-state index in [9.17, 15) is 14.5 Å². The highest BCUT2D eigenvalue weighted by Gasteiger charge is 2.40. The summed E-state index contributed by atoms with van der Waals surface area (Å²) in [5, 5.41) is 10.2. The molecular weight excluding hydrogens is 329 g/mol. The van der Waals surface area contributed by atoms with Gasteiger partial charge < -0.3 is 14.9 Å². The number of aliphatic hydroxyl groups is 1. The van der Waals surface area contributed by atoms with Crippen LogP contribution in [0.15, 0.2) is 11.0 Å². The number of phosphoric ester groups is 1. The molecule has 3 N–H and O–H groups in total. The maximum Gasteiger partial charge on any atom is 0.472 e. The molecule has 0 saturated carbocycles. The molecule has 0 aromatic carbocycles. The van der Waals surface area contributed by atoms with Crippen molar-refractivity contribution in [2.24, 2.45) is 0 Å². The molecule has 2 aromatic heterocycles. The quantitative estimate of drug-likeness (QED) is 0.612. The molecule has 0 spiro atoms. The van der Waals surface area contributed by atoms with Crippen molar-refractivity contribution in [2.75, 3.05) is 25.6 Å². The van der Waals surface area contributed by atoms with Crippen LogP contribution in [0.25, 0.3) is 11.2 Å². The summed E-state index contributed by atoms with van der Waals surface area (Å²) in [6.07, 6.45) is -1.23. The Balaban J connectivity index is 1.97. The van der Waals surface area contributed by atoms with Gasteiger partial charge in [-0.3, -0.25) is 18.8 Å². The number of anilines is 1. The van der Waals surface area contributed by atoms with Crippen LogP contribution in [0.4, 0.5) is 5.95 Å². The van der Waals surface area contributed by atoms with Crippen molar-refractivity contribution in [3.8, 4) is 0 Å². The molecule has 0 aliphatic carbocycles. The molecule has 1 fully saturated rings. The van der Waals surface area contributed by atoms with Crippen LogP contribution in [0.5, 0.6) is 0 Å². The SMILES string of the molecule is CN(C)c1nc2ncc([C@H](O)[C@@H]3COP(=O)(O)O3)nc2c(=O)[nH]1. The van der Waals surface area contributed by atoms with Crippen LogP contribution in [-0.2, 0) is 13.6 Å². The Morgan fingerprint density at radius 3 is 2.83 bits per heavy atom. The molecule has 0 bridgehead atoms. The maximum atomic E-state index is 12.1. The smallest absolute Gasteiger partial charge is 0.384 e. The zero-order chi connectivity index (χ0) is 16.8. The number of rotatable bonds is 3. The third-order valence-corrected chi connectivity index (χ3v) is 4.19. The van der Waals surface area contributed by atoms with Crippen LogP contribution in [-0.4, -0.2) is 56.7 Å². The Morgan fingerprint density at radius 1 is 1.48 bits per heavy atom. The minimum atomic E-state index is -4.14. The van der Waals surface area contributed by atoms with Gasteiger partial charge in [0.15, 0.2) is 11.2 Å². The molecule has 11 nitrogen and oxygen atoms in total. The number of phosphoric acid groups is 1. The number of nitrogens with zero attached hydrogens (tertiary/aromatic N) is 4. The highest BCUT2D eigenvalue weighted by atomic mass is 31.2. The number of H-pyrrole nitrogens is 1. The normalized spacial score (nSPS) is 25.7. The van der Waals surface area contributed by atoms with E-state index in [1.54, 1.807) is 19.0 Å². The summed E-state index contributed by atoms with van der Waals surface area (Å²) < 4.78 is 20.5. The fourth-order valence-corrected chi connectivity index (χ4v) is 2.93. The molecule has 1 aliphatic rings. The number of aromatic nitrogens is 4. The molecule has 1 aliphatic heterocycles. The number of hydrogen-bond acceptors (Lipinski definition) is 9. The molecule has 23 heavy (non-hydrogen) atoms. The summed E-state index contributed by atoms with van der Waals surface area (Å²) in [6.45, 7) is -0.275. The highest BCUT2D eigenvalue weighted by Crippen LogP contribution is 2.51. The van der Waals surface area contributed by atoms with E-state index in [1.807, 2.05) is 0 Å². The molecule has 3 heterocycles. The van der Waals surface area contributed by atoms with Crippen LogP contribution in [0.2, 0.25) is 0 Å². The number of hydrogen-bond donors (Lipinski definition) is 3. The van der Waals surface area contributed by atoms with Crippen LogP contribution in [0.3, 0.4) is 0 Å². The molecule has 12 heteroatoms. The van der Waals surface area contributed by atoms with Crippen molar-refractivity contribution in [3.63, 3.8) is 0 Å². The van der Waals surface area contributed by atoms with Gasteiger partial charge in [-0.05, 0) is 0 Å². The fourth-order valence-electron chi connectivity index (χ4n) is 2.01. The van der Waals surface area contributed by atoms with Gasteiger partial charge in [0.1, 0.15) is 12.2 Å². The lowest BCUT2D eigenvalue weighted by atomic mass is 10.1. The predicted octanol–water partition coefficient (Wildman–Crippen LogP) is -0.672. The zero-order valence-corrected chi connectivity index (χ0v) is 13.1.